The maximum atomic E-state index is 11.4. The number of aromatic nitrogens is 2. The molecule has 0 N–H and O–H groups in total. The standard InChI is InChI=1S/C16H14N2O2S/c1-21(19,20)15-7-4-13(5-8-15)14-6-9-16(17-12-14)18-10-2-3-11-18/h2-12H,1H3. The summed E-state index contributed by atoms with van der Waals surface area (Å²) >= 11 is 0. The molecule has 0 radical (unpaired) electrons. The lowest BCUT2D eigenvalue weighted by atomic mass is 10.1. The van der Waals surface area contributed by atoms with Crippen molar-refractivity contribution < 1.29 is 8.42 Å². The summed E-state index contributed by atoms with van der Waals surface area (Å²) in [4.78, 5) is 4.74. The molecule has 0 saturated heterocycles. The molecule has 0 atom stereocenters. The molecule has 0 aliphatic rings. The number of hydrogen-bond acceptors (Lipinski definition) is 3. The zero-order valence-corrected chi connectivity index (χ0v) is 12.3. The molecule has 2 heterocycles. The maximum absolute atomic E-state index is 11.4. The Bertz CT molecular complexity index is 834. The summed E-state index contributed by atoms with van der Waals surface area (Å²) in [5.74, 6) is 0.844. The van der Waals surface area contributed by atoms with Gasteiger partial charge >= 0.3 is 0 Å². The van der Waals surface area contributed by atoms with Crippen molar-refractivity contribution in [2.24, 2.45) is 0 Å². The van der Waals surface area contributed by atoms with Crippen LogP contribution in [0, 0.1) is 0 Å². The predicted octanol–water partition coefficient (Wildman–Crippen LogP) is 2.94. The summed E-state index contributed by atoms with van der Waals surface area (Å²) in [7, 11) is -3.16. The summed E-state index contributed by atoms with van der Waals surface area (Å²) in [6, 6.07) is 14.6. The van der Waals surface area contributed by atoms with Gasteiger partial charge in [-0.2, -0.15) is 0 Å². The molecule has 5 heteroatoms. The van der Waals surface area contributed by atoms with Gasteiger partial charge in [-0.1, -0.05) is 12.1 Å². The van der Waals surface area contributed by atoms with Crippen LogP contribution < -0.4 is 0 Å². The van der Waals surface area contributed by atoms with Crippen LogP contribution in [0.15, 0.2) is 72.0 Å². The second kappa shape index (κ2) is 5.18. The molecular formula is C16H14N2O2S. The van der Waals surface area contributed by atoms with Gasteiger partial charge in [0.1, 0.15) is 5.82 Å². The van der Waals surface area contributed by atoms with Crippen molar-refractivity contribution in [3.8, 4) is 16.9 Å². The Hall–Kier alpha value is -2.40. The molecule has 106 valence electrons. The van der Waals surface area contributed by atoms with Crippen molar-refractivity contribution in [3.05, 3.63) is 67.1 Å². The van der Waals surface area contributed by atoms with E-state index in [1.165, 1.54) is 6.26 Å². The van der Waals surface area contributed by atoms with Crippen molar-refractivity contribution in [2.45, 2.75) is 4.90 Å². The van der Waals surface area contributed by atoms with Crippen LogP contribution in [-0.2, 0) is 9.84 Å². The Balaban J connectivity index is 1.91. The van der Waals surface area contributed by atoms with Crippen molar-refractivity contribution >= 4 is 9.84 Å². The third-order valence-corrected chi connectivity index (χ3v) is 4.36. The largest absolute Gasteiger partial charge is 0.309 e. The van der Waals surface area contributed by atoms with Gasteiger partial charge in [0.2, 0.25) is 0 Å². The first kappa shape index (κ1) is 13.6. The molecule has 0 unspecified atom stereocenters. The highest BCUT2D eigenvalue weighted by Gasteiger charge is 2.07. The lowest BCUT2D eigenvalue weighted by Crippen LogP contribution is -1.96. The number of sulfone groups is 1. The summed E-state index contributed by atoms with van der Waals surface area (Å²) in [5, 5.41) is 0. The molecule has 4 nitrogen and oxygen atoms in total. The molecule has 0 saturated carbocycles. The first-order valence-corrected chi connectivity index (χ1v) is 8.33. The van der Waals surface area contributed by atoms with Gasteiger partial charge in [0.25, 0.3) is 0 Å². The molecule has 0 bridgehead atoms. The van der Waals surface area contributed by atoms with Gasteiger partial charge in [0.15, 0.2) is 9.84 Å². The first-order chi connectivity index (χ1) is 10.0. The number of pyridine rings is 1. The van der Waals surface area contributed by atoms with E-state index in [9.17, 15) is 8.42 Å². The summed E-state index contributed by atoms with van der Waals surface area (Å²) in [5.41, 5.74) is 1.89. The second-order valence-electron chi connectivity index (χ2n) is 4.79. The molecule has 0 amide bonds. The quantitative estimate of drug-likeness (QED) is 0.747. The van der Waals surface area contributed by atoms with Crippen LogP contribution in [-0.4, -0.2) is 24.2 Å². The van der Waals surface area contributed by atoms with E-state index in [4.69, 9.17) is 0 Å². The van der Waals surface area contributed by atoms with E-state index in [1.54, 1.807) is 30.5 Å². The summed E-state index contributed by atoms with van der Waals surface area (Å²) < 4.78 is 24.8. The Kier molecular flexibility index (Phi) is 3.35. The van der Waals surface area contributed by atoms with E-state index in [0.29, 0.717) is 4.90 Å². The third kappa shape index (κ3) is 2.87. The predicted molar refractivity (Wildman–Crippen MR) is 82.1 cm³/mol. The molecule has 0 spiro atoms. The van der Waals surface area contributed by atoms with E-state index in [1.807, 2.05) is 41.2 Å². The Morgan fingerprint density at radius 2 is 1.52 bits per heavy atom. The fourth-order valence-corrected chi connectivity index (χ4v) is 2.72. The van der Waals surface area contributed by atoms with Gasteiger partial charge in [0, 0.05) is 30.4 Å². The van der Waals surface area contributed by atoms with Gasteiger partial charge in [-0.05, 0) is 42.0 Å². The van der Waals surface area contributed by atoms with Crippen molar-refractivity contribution in [2.75, 3.05) is 6.26 Å². The highest BCUT2D eigenvalue weighted by molar-refractivity contribution is 7.90. The zero-order valence-electron chi connectivity index (χ0n) is 11.5. The van der Waals surface area contributed by atoms with E-state index in [0.717, 1.165) is 16.9 Å². The summed E-state index contributed by atoms with van der Waals surface area (Å²) in [6.07, 6.45) is 6.85. The normalized spacial score (nSPS) is 11.5. The molecule has 0 fully saturated rings. The molecule has 0 aliphatic carbocycles. The Morgan fingerprint density at radius 1 is 0.905 bits per heavy atom. The molecule has 0 aliphatic heterocycles. The average Bonchev–Trinajstić information content (AvgIpc) is 3.01. The van der Waals surface area contributed by atoms with Crippen LogP contribution >= 0.6 is 0 Å². The molecular weight excluding hydrogens is 284 g/mol. The van der Waals surface area contributed by atoms with Crippen molar-refractivity contribution in [3.63, 3.8) is 0 Å². The number of benzene rings is 1. The van der Waals surface area contributed by atoms with Crippen molar-refractivity contribution in [1.29, 1.82) is 0 Å². The first-order valence-electron chi connectivity index (χ1n) is 6.44. The molecule has 1 aromatic carbocycles. The Morgan fingerprint density at radius 3 is 2.05 bits per heavy atom. The minimum Gasteiger partial charge on any atom is -0.309 e. The zero-order chi connectivity index (χ0) is 14.9. The average molecular weight is 298 g/mol. The van der Waals surface area contributed by atoms with Crippen LogP contribution in [0.5, 0.6) is 0 Å². The van der Waals surface area contributed by atoms with Crippen LogP contribution in [0.2, 0.25) is 0 Å². The van der Waals surface area contributed by atoms with E-state index >= 15 is 0 Å². The van der Waals surface area contributed by atoms with Gasteiger partial charge in [0.05, 0.1) is 4.90 Å². The lowest BCUT2D eigenvalue weighted by molar-refractivity contribution is 0.602. The van der Waals surface area contributed by atoms with Gasteiger partial charge in [-0.3, -0.25) is 0 Å². The van der Waals surface area contributed by atoms with Gasteiger partial charge in [-0.25, -0.2) is 13.4 Å². The Labute approximate surface area is 123 Å². The van der Waals surface area contributed by atoms with E-state index in [2.05, 4.69) is 4.98 Å². The fraction of sp³-hybridized carbons (Fsp3) is 0.0625. The van der Waals surface area contributed by atoms with Crippen LogP contribution in [0.25, 0.3) is 16.9 Å². The highest BCUT2D eigenvalue weighted by atomic mass is 32.2. The van der Waals surface area contributed by atoms with Gasteiger partial charge < -0.3 is 4.57 Å². The number of rotatable bonds is 3. The minimum absolute atomic E-state index is 0.322. The topological polar surface area (TPSA) is 52.0 Å². The van der Waals surface area contributed by atoms with Gasteiger partial charge in [-0.15, -0.1) is 0 Å². The van der Waals surface area contributed by atoms with Crippen LogP contribution in [0.1, 0.15) is 0 Å². The fourth-order valence-electron chi connectivity index (χ4n) is 2.09. The van der Waals surface area contributed by atoms with E-state index in [-0.39, 0.29) is 0 Å². The van der Waals surface area contributed by atoms with Crippen molar-refractivity contribution in [1.82, 2.24) is 9.55 Å². The van der Waals surface area contributed by atoms with E-state index < -0.39 is 9.84 Å². The number of hydrogen-bond donors (Lipinski definition) is 0. The van der Waals surface area contributed by atoms with Crippen LogP contribution in [0.4, 0.5) is 0 Å². The number of nitrogens with zero attached hydrogens (tertiary/aromatic N) is 2. The molecule has 3 rings (SSSR count). The smallest absolute Gasteiger partial charge is 0.175 e. The molecule has 3 aromatic rings. The maximum Gasteiger partial charge on any atom is 0.175 e. The van der Waals surface area contributed by atoms with Crippen LogP contribution in [0.3, 0.4) is 0 Å². The molecule has 21 heavy (non-hydrogen) atoms. The third-order valence-electron chi connectivity index (χ3n) is 3.23. The minimum atomic E-state index is -3.16. The SMILES string of the molecule is CS(=O)(=O)c1ccc(-c2ccc(-n3cccc3)nc2)cc1. The second-order valence-corrected chi connectivity index (χ2v) is 6.81. The molecule has 2 aromatic heterocycles. The lowest BCUT2D eigenvalue weighted by Gasteiger charge is -2.05. The highest BCUT2D eigenvalue weighted by Crippen LogP contribution is 2.21. The summed E-state index contributed by atoms with van der Waals surface area (Å²) in [6.45, 7) is 0. The monoisotopic (exact) mass is 298 g/mol.